The predicted molar refractivity (Wildman–Crippen MR) is 93.4 cm³/mol. The number of carboxylic acids is 1. The Morgan fingerprint density at radius 3 is 2.56 bits per heavy atom. The number of benzene rings is 1. The highest BCUT2D eigenvalue weighted by Gasteiger charge is 2.45. The van der Waals surface area contributed by atoms with Gasteiger partial charge in [-0.3, -0.25) is 19.3 Å². The van der Waals surface area contributed by atoms with Crippen LogP contribution in [0.4, 0.5) is 10.1 Å². The SMILES string of the molecule is O=CC(=O)N(c1ccccc1F)[C@H]1CC=CC[C@@H]2CC[C@@H](C(=O)O)N2C1=O. The molecule has 0 saturated carbocycles. The van der Waals surface area contributed by atoms with E-state index in [1.54, 1.807) is 6.08 Å². The Morgan fingerprint density at radius 2 is 1.89 bits per heavy atom. The Kier molecular flexibility index (Phi) is 5.34. The summed E-state index contributed by atoms with van der Waals surface area (Å²) < 4.78 is 14.3. The van der Waals surface area contributed by atoms with Crippen LogP contribution in [-0.4, -0.2) is 52.2 Å². The van der Waals surface area contributed by atoms with E-state index in [-0.39, 0.29) is 24.4 Å². The highest BCUT2D eigenvalue weighted by atomic mass is 19.1. The van der Waals surface area contributed by atoms with Crippen LogP contribution in [0.2, 0.25) is 0 Å². The first-order valence-corrected chi connectivity index (χ1v) is 8.68. The summed E-state index contributed by atoms with van der Waals surface area (Å²) in [6.07, 6.45) is 4.98. The summed E-state index contributed by atoms with van der Waals surface area (Å²) in [5.74, 6) is -3.52. The minimum absolute atomic E-state index is 0.0261. The zero-order chi connectivity index (χ0) is 19.6. The summed E-state index contributed by atoms with van der Waals surface area (Å²) in [5, 5.41) is 9.46. The van der Waals surface area contributed by atoms with Gasteiger partial charge in [0, 0.05) is 6.04 Å². The third-order valence-corrected chi connectivity index (χ3v) is 5.02. The summed E-state index contributed by atoms with van der Waals surface area (Å²) in [4.78, 5) is 50.4. The molecule has 27 heavy (non-hydrogen) atoms. The van der Waals surface area contributed by atoms with Crippen molar-refractivity contribution in [1.29, 1.82) is 0 Å². The van der Waals surface area contributed by atoms with Gasteiger partial charge in [0.25, 0.3) is 5.91 Å². The highest BCUT2D eigenvalue weighted by Crippen LogP contribution is 2.32. The Labute approximate surface area is 155 Å². The van der Waals surface area contributed by atoms with Gasteiger partial charge in [0.1, 0.15) is 17.9 Å². The van der Waals surface area contributed by atoms with E-state index in [9.17, 15) is 28.7 Å². The highest BCUT2D eigenvalue weighted by molar-refractivity contribution is 6.31. The Hall–Kier alpha value is -3.03. The van der Waals surface area contributed by atoms with E-state index in [4.69, 9.17) is 0 Å². The van der Waals surface area contributed by atoms with Crippen molar-refractivity contribution >= 4 is 29.8 Å². The topological polar surface area (TPSA) is 95.0 Å². The Bertz CT molecular complexity index is 809. The molecule has 0 aromatic heterocycles. The quantitative estimate of drug-likeness (QED) is 0.490. The first kappa shape index (κ1) is 18.8. The minimum atomic E-state index is -1.20. The zero-order valence-corrected chi connectivity index (χ0v) is 14.5. The van der Waals surface area contributed by atoms with Crippen LogP contribution < -0.4 is 4.90 Å². The maximum absolute atomic E-state index is 14.3. The number of para-hydroxylation sites is 1. The largest absolute Gasteiger partial charge is 0.480 e. The van der Waals surface area contributed by atoms with Gasteiger partial charge in [-0.1, -0.05) is 24.3 Å². The van der Waals surface area contributed by atoms with Crippen molar-refractivity contribution in [3.05, 3.63) is 42.2 Å². The molecule has 2 aliphatic heterocycles. The van der Waals surface area contributed by atoms with E-state index in [0.29, 0.717) is 19.3 Å². The fourth-order valence-corrected chi connectivity index (χ4v) is 3.80. The first-order valence-electron chi connectivity index (χ1n) is 8.68. The molecule has 2 aliphatic rings. The lowest BCUT2D eigenvalue weighted by Crippen LogP contribution is -2.56. The van der Waals surface area contributed by atoms with Gasteiger partial charge < -0.3 is 10.0 Å². The third kappa shape index (κ3) is 3.47. The van der Waals surface area contributed by atoms with Gasteiger partial charge in [-0.2, -0.15) is 0 Å². The van der Waals surface area contributed by atoms with Crippen molar-refractivity contribution in [3.63, 3.8) is 0 Å². The standard InChI is InChI=1S/C19H19FN2O5/c20-13-6-2-4-7-14(13)22(17(24)11-23)15-8-3-1-5-12-9-10-16(19(26)27)21(12)18(15)25/h1-4,6-7,11-12,15-16H,5,8-10H2,(H,26,27)/t12-,15+,16+/m1/s1. The number of hydrogen-bond donors (Lipinski definition) is 1. The summed E-state index contributed by atoms with van der Waals surface area (Å²) in [6.45, 7) is 0. The maximum Gasteiger partial charge on any atom is 0.326 e. The third-order valence-electron chi connectivity index (χ3n) is 5.02. The maximum atomic E-state index is 14.3. The monoisotopic (exact) mass is 374 g/mol. The van der Waals surface area contributed by atoms with Gasteiger partial charge in [0.15, 0.2) is 0 Å². The number of aliphatic carboxylic acids is 1. The summed E-state index contributed by atoms with van der Waals surface area (Å²) in [5.41, 5.74) is -0.190. The molecule has 3 rings (SSSR count). The molecule has 0 aliphatic carbocycles. The molecule has 0 unspecified atom stereocenters. The van der Waals surface area contributed by atoms with Crippen LogP contribution >= 0.6 is 0 Å². The van der Waals surface area contributed by atoms with Crippen LogP contribution in [0.1, 0.15) is 25.7 Å². The van der Waals surface area contributed by atoms with E-state index in [1.165, 1.54) is 23.1 Å². The van der Waals surface area contributed by atoms with Crippen LogP contribution in [0.25, 0.3) is 0 Å². The zero-order valence-electron chi connectivity index (χ0n) is 14.5. The molecule has 142 valence electrons. The second kappa shape index (κ2) is 7.69. The molecule has 1 aromatic rings. The second-order valence-electron chi connectivity index (χ2n) is 6.57. The van der Waals surface area contributed by atoms with Crippen LogP contribution in [0.3, 0.4) is 0 Å². The van der Waals surface area contributed by atoms with Crippen molar-refractivity contribution in [1.82, 2.24) is 4.90 Å². The van der Waals surface area contributed by atoms with Gasteiger partial charge in [-0.05, 0) is 37.8 Å². The molecule has 0 bridgehead atoms. The van der Waals surface area contributed by atoms with Crippen molar-refractivity contribution in [2.75, 3.05) is 4.90 Å². The summed E-state index contributed by atoms with van der Waals surface area (Å²) in [6, 6.07) is 2.87. The smallest absolute Gasteiger partial charge is 0.326 e. The number of halogens is 1. The van der Waals surface area contributed by atoms with Crippen LogP contribution in [0, 0.1) is 5.82 Å². The number of hydrogen-bond acceptors (Lipinski definition) is 4. The number of aldehydes is 1. The number of amides is 2. The van der Waals surface area contributed by atoms with E-state index in [2.05, 4.69) is 0 Å². The molecule has 2 heterocycles. The molecule has 1 saturated heterocycles. The van der Waals surface area contributed by atoms with Gasteiger partial charge >= 0.3 is 5.97 Å². The number of carboxylic acid groups (broad SMARTS) is 1. The van der Waals surface area contributed by atoms with Crippen molar-refractivity contribution in [2.24, 2.45) is 0 Å². The lowest BCUT2D eigenvalue weighted by molar-refractivity contribution is -0.150. The van der Waals surface area contributed by atoms with E-state index < -0.39 is 35.7 Å². The van der Waals surface area contributed by atoms with Crippen LogP contribution in [0.15, 0.2) is 36.4 Å². The summed E-state index contributed by atoms with van der Waals surface area (Å²) >= 11 is 0. The normalized spacial score (nSPS) is 24.7. The number of anilines is 1. The Morgan fingerprint density at radius 1 is 1.19 bits per heavy atom. The molecule has 0 radical (unpaired) electrons. The molecular formula is C19H19FN2O5. The van der Waals surface area contributed by atoms with Crippen molar-refractivity contribution < 1.29 is 28.7 Å². The van der Waals surface area contributed by atoms with Crippen molar-refractivity contribution in [2.45, 2.75) is 43.8 Å². The van der Waals surface area contributed by atoms with E-state index >= 15 is 0 Å². The average molecular weight is 374 g/mol. The molecule has 7 nitrogen and oxygen atoms in total. The second-order valence-corrected chi connectivity index (χ2v) is 6.57. The van der Waals surface area contributed by atoms with Gasteiger partial charge in [0.05, 0.1) is 5.69 Å². The molecule has 1 fully saturated rings. The van der Waals surface area contributed by atoms with Gasteiger partial charge in [0.2, 0.25) is 12.2 Å². The van der Waals surface area contributed by atoms with Gasteiger partial charge in [-0.15, -0.1) is 0 Å². The lowest BCUT2D eigenvalue weighted by Gasteiger charge is -2.37. The number of rotatable bonds is 4. The molecule has 8 heteroatoms. The number of nitrogens with zero attached hydrogens (tertiary/aromatic N) is 2. The number of carbonyl (C=O) groups is 4. The van der Waals surface area contributed by atoms with E-state index in [0.717, 1.165) is 11.0 Å². The first-order chi connectivity index (χ1) is 13.0. The fraction of sp³-hybridized carbons (Fsp3) is 0.368. The molecule has 1 N–H and O–H groups in total. The molecule has 2 amide bonds. The minimum Gasteiger partial charge on any atom is -0.480 e. The molecule has 0 spiro atoms. The van der Waals surface area contributed by atoms with Crippen LogP contribution in [0.5, 0.6) is 0 Å². The molecule has 1 aromatic carbocycles. The lowest BCUT2D eigenvalue weighted by atomic mass is 10.0. The number of carbonyl (C=O) groups excluding carboxylic acids is 3. The molecular weight excluding hydrogens is 355 g/mol. The van der Waals surface area contributed by atoms with Crippen molar-refractivity contribution in [3.8, 4) is 0 Å². The summed E-state index contributed by atoms with van der Waals surface area (Å²) in [7, 11) is 0. The predicted octanol–water partition coefficient (Wildman–Crippen LogP) is 1.52. The number of fused-ring (bicyclic) bond motifs is 1. The Balaban J connectivity index is 2.06. The molecule has 3 atom stereocenters. The van der Waals surface area contributed by atoms with Crippen LogP contribution in [-0.2, 0) is 19.2 Å². The van der Waals surface area contributed by atoms with E-state index in [1.807, 2.05) is 6.08 Å². The fourth-order valence-electron chi connectivity index (χ4n) is 3.80. The average Bonchev–Trinajstić information content (AvgIpc) is 3.06. The van der Waals surface area contributed by atoms with Gasteiger partial charge in [-0.25, -0.2) is 9.18 Å².